The van der Waals surface area contributed by atoms with Crippen molar-refractivity contribution in [1.29, 1.82) is 0 Å². The first-order chi connectivity index (χ1) is 13.4. The van der Waals surface area contributed by atoms with Crippen LogP contribution in [0.4, 0.5) is 0 Å². The summed E-state index contributed by atoms with van der Waals surface area (Å²) < 4.78 is 34.3. The van der Waals surface area contributed by atoms with E-state index in [1.165, 1.54) is 10.4 Å². The molecular formula is C19H22N4O4S. The van der Waals surface area contributed by atoms with Gasteiger partial charge < -0.3 is 14.3 Å². The van der Waals surface area contributed by atoms with Gasteiger partial charge in [-0.2, -0.15) is 4.31 Å². The molecule has 0 saturated carbocycles. The molecule has 3 heterocycles. The molecule has 0 aliphatic carbocycles. The van der Waals surface area contributed by atoms with Crippen LogP contribution in [0.15, 0.2) is 39.6 Å². The van der Waals surface area contributed by atoms with Crippen LogP contribution in [0.25, 0.3) is 11.0 Å². The average molecular weight is 402 g/mol. The lowest BCUT2D eigenvalue weighted by atomic mass is 10.3. The van der Waals surface area contributed by atoms with Gasteiger partial charge in [-0.05, 0) is 31.9 Å². The number of rotatable bonds is 5. The molecule has 1 saturated heterocycles. The number of furan rings is 1. The van der Waals surface area contributed by atoms with Gasteiger partial charge in [0.05, 0.1) is 17.6 Å². The Balaban J connectivity index is 1.51. The van der Waals surface area contributed by atoms with Crippen molar-refractivity contribution < 1.29 is 17.6 Å². The summed E-state index contributed by atoms with van der Waals surface area (Å²) in [5, 5.41) is 2.75. The summed E-state index contributed by atoms with van der Waals surface area (Å²) in [6.45, 7) is 2.77. The van der Waals surface area contributed by atoms with Crippen LogP contribution in [-0.4, -0.2) is 41.3 Å². The topological polar surface area (TPSA) is 97.4 Å². The maximum absolute atomic E-state index is 12.7. The van der Waals surface area contributed by atoms with E-state index in [1.807, 2.05) is 35.9 Å². The lowest BCUT2D eigenvalue weighted by Gasteiger charge is -2.14. The summed E-state index contributed by atoms with van der Waals surface area (Å²) >= 11 is 0. The standard InChI is InChI=1S/C19H22N4O4S/c1-13-17(28(25,26)23-9-5-6-10-23)11-16(27-13)19(24)20-12-18-21-14-7-3-4-8-15(14)22(18)2/h3-4,7-8,11H,5-6,9-10,12H2,1-2H3,(H,20,24). The fraction of sp³-hybridized carbons (Fsp3) is 0.368. The third kappa shape index (κ3) is 3.20. The number of benzene rings is 1. The van der Waals surface area contributed by atoms with Crippen molar-refractivity contribution in [3.8, 4) is 0 Å². The molecular weight excluding hydrogens is 380 g/mol. The highest BCUT2D eigenvalue weighted by molar-refractivity contribution is 7.89. The molecule has 4 rings (SSSR count). The molecule has 3 aromatic rings. The Kier molecular flexibility index (Phi) is 4.72. The third-order valence-corrected chi connectivity index (χ3v) is 7.07. The largest absolute Gasteiger partial charge is 0.455 e. The Bertz CT molecular complexity index is 1140. The van der Waals surface area contributed by atoms with Crippen molar-refractivity contribution in [2.75, 3.05) is 13.1 Å². The number of amides is 1. The van der Waals surface area contributed by atoms with Crippen molar-refractivity contribution in [2.45, 2.75) is 31.2 Å². The molecule has 0 spiro atoms. The number of sulfonamides is 1. The second-order valence-electron chi connectivity index (χ2n) is 6.90. The zero-order chi connectivity index (χ0) is 19.9. The fourth-order valence-corrected chi connectivity index (χ4v) is 5.18. The first kappa shape index (κ1) is 18.7. The van der Waals surface area contributed by atoms with Crippen molar-refractivity contribution in [3.05, 3.63) is 47.7 Å². The summed E-state index contributed by atoms with van der Waals surface area (Å²) in [7, 11) is -1.75. The van der Waals surface area contributed by atoms with E-state index < -0.39 is 15.9 Å². The number of aromatic nitrogens is 2. The van der Waals surface area contributed by atoms with Crippen LogP contribution in [0.3, 0.4) is 0 Å². The monoisotopic (exact) mass is 402 g/mol. The van der Waals surface area contributed by atoms with E-state index in [-0.39, 0.29) is 23.0 Å². The van der Waals surface area contributed by atoms with E-state index in [4.69, 9.17) is 4.42 Å². The predicted octanol–water partition coefficient (Wildman–Crippen LogP) is 2.19. The van der Waals surface area contributed by atoms with E-state index in [0.717, 1.165) is 23.9 Å². The summed E-state index contributed by atoms with van der Waals surface area (Å²) in [5.41, 5.74) is 1.82. The van der Waals surface area contributed by atoms with Gasteiger partial charge in [0.25, 0.3) is 5.91 Å². The predicted molar refractivity (Wildman–Crippen MR) is 103 cm³/mol. The quantitative estimate of drug-likeness (QED) is 0.706. The van der Waals surface area contributed by atoms with Gasteiger partial charge in [-0.25, -0.2) is 13.4 Å². The maximum atomic E-state index is 12.7. The number of imidazole rings is 1. The van der Waals surface area contributed by atoms with Crippen LogP contribution in [0.2, 0.25) is 0 Å². The lowest BCUT2D eigenvalue weighted by molar-refractivity contribution is 0.0920. The van der Waals surface area contributed by atoms with Gasteiger partial charge in [0.1, 0.15) is 16.5 Å². The third-order valence-electron chi connectivity index (χ3n) is 5.07. The van der Waals surface area contributed by atoms with Gasteiger partial charge in [0.2, 0.25) is 10.0 Å². The molecule has 0 bridgehead atoms. The normalized spacial score (nSPS) is 15.4. The fourth-order valence-electron chi connectivity index (χ4n) is 3.50. The molecule has 0 radical (unpaired) electrons. The summed E-state index contributed by atoms with van der Waals surface area (Å²) in [4.78, 5) is 17.1. The van der Waals surface area contributed by atoms with Gasteiger partial charge in [-0.15, -0.1) is 0 Å². The second-order valence-corrected chi connectivity index (χ2v) is 8.81. The summed E-state index contributed by atoms with van der Waals surface area (Å²) in [5.74, 6) is 0.426. The number of carbonyl (C=O) groups excluding carboxylic acids is 1. The molecule has 8 nitrogen and oxygen atoms in total. The number of nitrogens with one attached hydrogen (secondary N) is 1. The minimum absolute atomic E-state index is 0.0194. The number of hydrogen-bond acceptors (Lipinski definition) is 5. The van der Waals surface area contributed by atoms with E-state index >= 15 is 0 Å². The summed E-state index contributed by atoms with van der Waals surface area (Å²) in [6.07, 6.45) is 1.70. The molecule has 1 aromatic carbocycles. The molecule has 148 valence electrons. The van der Waals surface area contributed by atoms with Crippen LogP contribution in [0.5, 0.6) is 0 Å². The highest BCUT2D eigenvalue weighted by Crippen LogP contribution is 2.26. The van der Waals surface area contributed by atoms with Gasteiger partial charge >= 0.3 is 0 Å². The SMILES string of the molecule is Cc1oc(C(=O)NCc2nc3ccccc3n2C)cc1S(=O)(=O)N1CCCC1. The molecule has 9 heteroatoms. The van der Waals surface area contributed by atoms with Crippen molar-refractivity contribution >= 4 is 27.0 Å². The van der Waals surface area contributed by atoms with Gasteiger partial charge in [0.15, 0.2) is 5.76 Å². The van der Waals surface area contributed by atoms with E-state index in [2.05, 4.69) is 10.3 Å². The smallest absolute Gasteiger partial charge is 0.287 e. The van der Waals surface area contributed by atoms with Crippen LogP contribution < -0.4 is 5.32 Å². The number of carbonyl (C=O) groups is 1. The van der Waals surface area contributed by atoms with Gasteiger partial charge in [0, 0.05) is 26.2 Å². The second kappa shape index (κ2) is 7.06. The molecule has 28 heavy (non-hydrogen) atoms. The minimum Gasteiger partial charge on any atom is -0.455 e. The Hall–Kier alpha value is -2.65. The number of para-hydroxylation sites is 2. The Morgan fingerprint density at radius 3 is 2.68 bits per heavy atom. The van der Waals surface area contributed by atoms with Crippen molar-refractivity contribution in [2.24, 2.45) is 7.05 Å². The van der Waals surface area contributed by atoms with Gasteiger partial charge in [-0.3, -0.25) is 4.79 Å². The minimum atomic E-state index is -3.63. The Morgan fingerprint density at radius 1 is 1.25 bits per heavy atom. The number of nitrogens with zero attached hydrogens (tertiary/aromatic N) is 3. The molecule has 1 aliphatic heterocycles. The molecule has 1 N–H and O–H groups in total. The summed E-state index contributed by atoms with van der Waals surface area (Å²) in [6, 6.07) is 9.02. The number of hydrogen-bond donors (Lipinski definition) is 1. The molecule has 0 unspecified atom stereocenters. The van der Waals surface area contributed by atoms with Crippen LogP contribution >= 0.6 is 0 Å². The molecule has 1 fully saturated rings. The first-order valence-electron chi connectivity index (χ1n) is 9.17. The van der Waals surface area contributed by atoms with Crippen molar-refractivity contribution in [1.82, 2.24) is 19.2 Å². The Labute approximate surface area is 163 Å². The highest BCUT2D eigenvalue weighted by atomic mass is 32.2. The van der Waals surface area contributed by atoms with Crippen LogP contribution in [0.1, 0.15) is 35.0 Å². The zero-order valence-corrected chi connectivity index (χ0v) is 16.6. The molecule has 1 aliphatic rings. The van der Waals surface area contributed by atoms with Gasteiger partial charge in [-0.1, -0.05) is 12.1 Å². The molecule has 1 amide bonds. The maximum Gasteiger partial charge on any atom is 0.287 e. The first-order valence-corrected chi connectivity index (χ1v) is 10.6. The van der Waals surface area contributed by atoms with Crippen LogP contribution in [-0.2, 0) is 23.6 Å². The van der Waals surface area contributed by atoms with E-state index in [9.17, 15) is 13.2 Å². The van der Waals surface area contributed by atoms with Crippen molar-refractivity contribution in [3.63, 3.8) is 0 Å². The lowest BCUT2D eigenvalue weighted by Crippen LogP contribution is -2.28. The number of aryl methyl sites for hydroxylation is 2. The molecule has 0 atom stereocenters. The molecule has 2 aromatic heterocycles. The average Bonchev–Trinajstić information content (AvgIpc) is 3.40. The van der Waals surface area contributed by atoms with E-state index in [1.54, 1.807) is 6.92 Å². The highest BCUT2D eigenvalue weighted by Gasteiger charge is 2.31. The van der Waals surface area contributed by atoms with Crippen LogP contribution in [0, 0.1) is 6.92 Å². The number of fused-ring (bicyclic) bond motifs is 1. The van der Waals surface area contributed by atoms with E-state index in [0.29, 0.717) is 18.9 Å². The zero-order valence-electron chi connectivity index (χ0n) is 15.8. The Morgan fingerprint density at radius 2 is 1.96 bits per heavy atom.